The van der Waals surface area contributed by atoms with Crippen molar-refractivity contribution in [3.05, 3.63) is 23.9 Å². The van der Waals surface area contributed by atoms with E-state index in [0.717, 1.165) is 44.9 Å². The molecule has 0 bridgehead atoms. The largest absolute Gasteiger partial charge is 0.417 e. The summed E-state index contributed by atoms with van der Waals surface area (Å²) in [6.07, 6.45) is -1.51. The van der Waals surface area contributed by atoms with Crippen LogP contribution < -0.4 is 5.32 Å². The standard InChI is InChI=1S/C12H15F3N2O/c13-12(14,15)10-1-2-11(17-8-10)16-7-9-3-5-18-6-4-9/h1-2,8-9H,3-7H2,(H,16,17). The Hall–Kier alpha value is -1.30. The molecular formula is C12H15F3N2O. The number of nitrogens with one attached hydrogen (secondary N) is 1. The summed E-state index contributed by atoms with van der Waals surface area (Å²) in [4.78, 5) is 3.77. The number of rotatable bonds is 3. The first-order valence-corrected chi connectivity index (χ1v) is 5.90. The molecule has 0 amide bonds. The Bertz CT molecular complexity index is 372. The van der Waals surface area contributed by atoms with Gasteiger partial charge in [-0.2, -0.15) is 13.2 Å². The molecule has 1 aromatic heterocycles. The van der Waals surface area contributed by atoms with E-state index in [0.29, 0.717) is 11.7 Å². The monoisotopic (exact) mass is 260 g/mol. The molecule has 100 valence electrons. The highest BCUT2D eigenvalue weighted by Crippen LogP contribution is 2.28. The summed E-state index contributed by atoms with van der Waals surface area (Å²) in [6.45, 7) is 2.24. The molecule has 1 N–H and O–H groups in total. The first-order valence-electron chi connectivity index (χ1n) is 5.90. The Kier molecular flexibility index (Phi) is 4.06. The van der Waals surface area contributed by atoms with Gasteiger partial charge in [-0.15, -0.1) is 0 Å². The lowest BCUT2D eigenvalue weighted by Crippen LogP contribution is -2.23. The molecule has 6 heteroatoms. The number of nitrogens with zero attached hydrogens (tertiary/aromatic N) is 1. The zero-order valence-corrected chi connectivity index (χ0v) is 9.83. The van der Waals surface area contributed by atoms with Gasteiger partial charge in [0.15, 0.2) is 0 Å². The Labute approximate surface area is 103 Å². The van der Waals surface area contributed by atoms with Crippen LogP contribution in [-0.4, -0.2) is 24.7 Å². The van der Waals surface area contributed by atoms with Crippen LogP contribution >= 0.6 is 0 Å². The number of alkyl halides is 3. The van der Waals surface area contributed by atoms with Crippen molar-refractivity contribution in [2.75, 3.05) is 25.1 Å². The summed E-state index contributed by atoms with van der Waals surface area (Å²) in [5, 5.41) is 3.06. The summed E-state index contributed by atoms with van der Waals surface area (Å²) < 4.78 is 42.2. The van der Waals surface area contributed by atoms with Gasteiger partial charge >= 0.3 is 6.18 Å². The first kappa shape index (κ1) is 13.1. The summed E-state index contributed by atoms with van der Waals surface area (Å²) in [5.74, 6) is 0.984. The van der Waals surface area contributed by atoms with Crippen LogP contribution in [0.3, 0.4) is 0 Å². The first-order chi connectivity index (χ1) is 8.55. The Balaban J connectivity index is 1.86. The molecule has 0 aromatic carbocycles. The molecule has 18 heavy (non-hydrogen) atoms. The molecule has 1 saturated heterocycles. The zero-order valence-electron chi connectivity index (χ0n) is 9.83. The van der Waals surface area contributed by atoms with E-state index in [1.165, 1.54) is 6.07 Å². The summed E-state index contributed by atoms with van der Waals surface area (Å²) in [6, 6.07) is 2.40. The van der Waals surface area contributed by atoms with Crippen LogP contribution in [0.15, 0.2) is 18.3 Å². The van der Waals surface area contributed by atoms with Gasteiger partial charge in [0, 0.05) is 26.0 Å². The van der Waals surface area contributed by atoms with Crippen molar-refractivity contribution in [3.63, 3.8) is 0 Å². The van der Waals surface area contributed by atoms with Gasteiger partial charge in [0.05, 0.1) is 5.56 Å². The molecule has 1 fully saturated rings. The minimum atomic E-state index is -4.33. The van der Waals surface area contributed by atoms with Crippen LogP contribution in [0.5, 0.6) is 0 Å². The van der Waals surface area contributed by atoms with E-state index < -0.39 is 11.7 Å². The van der Waals surface area contributed by atoms with E-state index >= 15 is 0 Å². The highest BCUT2D eigenvalue weighted by atomic mass is 19.4. The summed E-state index contributed by atoms with van der Waals surface area (Å²) in [5.41, 5.74) is -0.723. The third-order valence-electron chi connectivity index (χ3n) is 3.00. The van der Waals surface area contributed by atoms with E-state index in [1.807, 2.05) is 0 Å². The van der Waals surface area contributed by atoms with Crippen molar-refractivity contribution in [1.29, 1.82) is 0 Å². The van der Waals surface area contributed by atoms with Crippen LogP contribution in [0, 0.1) is 5.92 Å². The van der Waals surface area contributed by atoms with Gasteiger partial charge in [0.25, 0.3) is 0 Å². The maximum atomic E-state index is 12.3. The molecule has 2 heterocycles. The minimum Gasteiger partial charge on any atom is -0.381 e. The van der Waals surface area contributed by atoms with Gasteiger partial charge in [-0.3, -0.25) is 0 Å². The van der Waals surface area contributed by atoms with Crippen molar-refractivity contribution >= 4 is 5.82 Å². The molecule has 0 radical (unpaired) electrons. The second-order valence-electron chi connectivity index (χ2n) is 4.37. The van der Waals surface area contributed by atoms with Crippen LogP contribution in [0.4, 0.5) is 19.0 Å². The van der Waals surface area contributed by atoms with Gasteiger partial charge in [0.1, 0.15) is 5.82 Å². The normalized spacial score (nSPS) is 17.7. The van der Waals surface area contributed by atoms with Crippen LogP contribution in [0.1, 0.15) is 18.4 Å². The lowest BCUT2D eigenvalue weighted by molar-refractivity contribution is -0.137. The molecule has 1 aromatic rings. The predicted molar refractivity (Wildman–Crippen MR) is 61.3 cm³/mol. The number of ether oxygens (including phenoxy) is 1. The quantitative estimate of drug-likeness (QED) is 0.907. The van der Waals surface area contributed by atoms with Crippen LogP contribution in [0.2, 0.25) is 0 Å². The molecule has 0 unspecified atom stereocenters. The lowest BCUT2D eigenvalue weighted by atomic mass is 10.0. The fraction of sp³-hybridized carbons (Fsp3) is 0.583. The third-order valence-corrected chi connectivity index (χ3v) is 3.00. The molecule has 2 rings (SSSR count). The molecule has 0 spiro atoms. The predicted octanol–water partition coefficient (Wildman–Crippen LogP) is 2.94. The maximum absolute atomic E-state index is 12.3. The number of hydrogen-bond acceptors (Lipinski definition) is 3. The molecule has 0 saturated carbocycles. The van der Waals surface area contributed by atoms with Crippen molar-refractivity contribution in [1.82, 2.24) is 4.98 Å². The Morgan fingerprint density at radius 1 is 1.28 bits per heavy atom. The van der Waals surface area contributed by atoms with Crippen LogP contribution in [-0.2, 0) is 10.9 Å². The number of aromatic nitrogens is 1. The van der Waals surface area contributed by atoms with Gasteiger partial charge in [0.2, 0.25) is 0 Å². The van der Waals surface area contributed by atoms with E-state index in [-0.39, 0.29) is 0 Å². The van der Waals surface area contributed by atoms with Crippen molar-refractivity contribution in [3.8, 4) is 0 Å². The fourth-order valence-electron chi connectivity index (χ4n) is 1.87. The van der Waals surface area contributed by atoms with E-state index in [9.17, 15) is 13.2 Å². The minimum absolute atomic E-state index is 0.481. The maximum Gasteiger partial charge on any atom is 0.417 e. The third kappa shape index (κ3) is 3.60. The van der Waals surface area contributed by atoms with Gasteiger partial charge in [-0.1, -0.05) is 0 Å². The second-order valence-corrected chi connectivity index (χ2v) is 4.37. The van der Waals surface area contributed by atoms with Crippen LogP contribution in [0.25, 0.3) is 0 Å². The highest BCUT2D eigenvalue weighted by molar-refractivity contribution is 5.36. The molecule has 3 nitrogen and oxygen atoms in total. The van der Waals surface area contributed by atoms with Crippen molar-refractivity contribution in [2.45, 2.75) is 19.0 Å². The fourth-order valence-corrected chi connectivity index (χ4v) is 1.87. The average Bonchev–Trinajstić information content (AvgIpc) is 2.37. The molecule has 0 aliphatic carbocycles. The molecule has 1 aliphatic rings. The zero-order chi connectivity index (χ0) is 13.0. The number of pyridine rings is 1. The number of hydrogen-bond donors (Lipinski definition) is 1. The highest BCUT2D eigenvalue weighted by Gasteiger charge is 2.30. The topological polar surface area (TPSA) is 34.1 Å². The average molecular weight is 260 g/mol. The second kappa shape index (κ2) is 5.56. The van der Waals surface area contributed by atoms with Gasteiger partial charge in [-0.25, -0.2) is 4.98 Å². The van der Waals surface area contributed by atoms with Gasteiger partial charge in [-0.05, 0) is 30.9 Å². The molecule has 0 atom stereocenters. The van der Waals surface area contributed by atoms with E-state index in [4.69, 9.17) is 4.74 Å². The lowest BCUT2D eigenvalue weighted by Gasteiger charge is -2.22. The van der Waals surface area contributed by atoms with E-state index in [1.54, 1.807) is 0 Å². The smallest absolute Gasteiger partial charge is 0.381 e. The Morgan fingerprint density at radius 2 is 2.00 bits per heavy atom. The van der Waals surface area contributed by atoms with Crippen molar-refractivity contribution < 1.29 is 17.9 Å². The Morgan fingerprint density at radius 3 is 2.56 bits per heavy atom. The summed E-state index contributed by atoms with van der Waals surface area (Å²) >= 11 is 0. The van der Waals surface area contributed by atoms with Gasteiger partial charge < -0.3 is 10.1 Å². The van der Waals surface area contributed by atoms with Crippen molar-refractivity contribution in [2.24, 2.45) is 5.92 Å². The molecule has 1 aliphatic heterocycles. The summed E-state index contributed by atoms with van der Waals surface area (Å²) in [7, 11) is 0. The van der Waals surface area contributed by atoms with E-state index in [2.05, 4.69) is 10.3 Å². The number of anilines is 1. The number of halogens is 3. The molecular weight excluding hydrogens is 245 g/mol. The SMILES string of the molecule is FC(F)(F)c1ccc(NCC2CCOCC2)nc1.